The van der Waals surface area contributed by atoms with E-state index in [1.54, 1.807) is 0 Å². The summed E-state index contributed by atoms with van der Waals surface area (Å²) in [4.78, 5) is 23.2. The molecule has 1 aromatic rings. The van der Waals surface area contributed by atoms with Crippen LogP contribution in [0, 0.1) is 0 Å². The van der Waals surface area contributed by atoms with Gasteiger partial charge in [0.1, 0.15) is 5.75 Å². The summed E-state index contributed by atoms with van der Waals surface area (Å²) in [6.45, 7) is 1.28. The SMILES string of the molecule is CC/C(=C\C(=O)C(F)(F)C(F)(F)C(F)(F)F)NNC(=O)c1ccc(OC)cc1. The van der Waals surface area contributed by atoms with Crippen molar-refractivity contribution >= 4 is 11.7 Å². The van der Waals surface area contributed by atoms with Crippen LogP contribution in [0.5, 0.6) is 5.75 Å². The fourth-order valence-corrected chi connectivity index (χ4v) is 1.76. The van der Waals surface area contributed by atoms with E-state index in [4.69, 9.17) is 4.74 Å². The van der Waals surface area contributed by atoms with Crippen LogP contribution in [-0.4, -0.2) is 36.8 Å². The number of allylic oxidation sites excluding steroid dienone is 2. The van der Waals surface area contributed by atoms with E-state index in [0.29, 0.717) is 5.75 Å². The van der Waals surface area contributed by atoms with Gasteiger partial charge in [-0.2, -0.15) is 30.7 Å². The molecule has 1 rings (SSSR count). The lowest BCUT2D eigenvalue weighted by atomic mass is 10.1. The van der Waals surface area contributed by atoms with E-state index in [0.717, 1.165) is 0 Å². The van der Waals surface area contributed by atoms with Crippen molar-refractivity contribution in [2.75, 3.05) is 7.11 Å². The number of ether oxygens (including phenoxy) is 1. The van der Waals surface area contributed by atoms with Gasteiger partial charge in [0, 0.05) is 17.3 Å². The Morgan fingerprint density at radius 1 is 1.00 bits per heavy atom. The predicted octanol–water partition coefficient (Wildman–Crippen LogP) is 3.63. The Kier molecular flexibility index (Phi) is 7.04. The molecule has 0 aliphatic carbocycles. The number of halogens is 7. The summed E-state index contributed by atoms with van der Waals surface area (Å²) in [7, 11) is 1.39. The van der Waals surface area contributed by atoms with Crippen molar-refractivity contribution in [3.05, 3.63) is 41.6 Å². The van der Waals surface area contributed by atoms with E-state index in [1.165, 1.54) is 38.3 Å². The van der Waals surface area contributed by atoms with Gasteiger partial charge in [0.2, 0.25) is 5.78 Å². The summed E-state index contributed by atoms with van der Waals surface area (Å²) in [5, 5.41) is 0. The van der Waals surface area contributed by atoms with E-state index in [9.17, 15) is 40.3 Å². The van der Waals surface area contributed by atoms with Crippen LogP contribution in [0.1, 0.15) is 23.7 Å². The summed E-state index contributed by atoms with van der Waals surface area (Å²) in [6, 6.07) is 5.56. The van der Waals surface area contributed by atoms with Gasteiger partial charge in [0.05, 0.1) is 7.11 Å². The Labute approximate surface area is 154 Å². The van der Waals surface area contributed by atoms with Crippen molar-refractivity contribution in [1.29, 1.82) is 0 Å². The number of hydrazine groups is 1. The fraction of sp³-hybridized carbons (Fsp3) is 0.375. The summed E-state index contributed by atoms with van der Waals surface area (Å²) in [6.07, 6.45) is -7.00. The van der Waals surface area contributed by atoms with Gasteiger partial charge in [-0.3, -0.25) is 15.0 Å². The minimum absolute atomic E-state index is 0.0871. The molecule has 28 heavy (non-hydrogen) atoms. The van der Waals surface area contributed by atoms with Crippen molar-refractivity contribution in [3.63, 3.8) is 0 Å². The van der Waals surface area contributed by atoms with Gasteiger partial charge < -0.3 is 10.2 Å². The molecule has 12 heteroatoms. The molecule has 0 heterocycles. The first-order chi connectivity index (χ1) is 12.8. The van der Waals surface area contributed by atoms with Crippen LogP contribution in [0.4, 0.5) is 30.7 Å². The molecule has 0 radical (unpaired) electrons. The number of alkyl halides is 7. The van der Waals surface area contributed by atoms with Gasteiger partial charge in [-0.15, -0.1) is 0 Å². The van der Waals surface area contributed by atoms with Crippen LogP contribution in [0.25, 0.3) is 0 Å². The van der Waals surface area contributed by atoms with Crippen molar-refractivity contribution in [2.45, 2.75) is 31.4 Å². The zero-order chi connectivity index (χ0) is 21.8. The van der Waals surface area contributed by atoms with Crippen LogP contribution in [0.2, 0.25) is 0 Å². The van der Waals surface area contributed by atoms with Gasteiger partial charge in [-0.05, 0) is 30.7 Å². The van der Waals surface area contributed by atoms with Gasteiger partial charge in [0.25, 0.3) is 5.91 Å². The highest BCUT2D eigenvalue weighted by Crippen LogP contribution is 2.47. The number of methoxy groups -OCH3 is 1. The van der Waals surface area contributed by atoms with Crippen LogP contribution in [0.3, 0.4) is 0 Å². The second-order valence-electron chi connectivity index (χ2n) is 5.34. The Hall–Kier alpha value is -2.79. The maximum atomic E-state index is 13.3. The van der Waals surface area contributed by atoms with E-state index >= 15 is 0 Å². The molecule has 1 amide bonds. The monoisotopic (exact) mass is 416 g/mol. The first-order valence-corrected chi connectivity index (χ1v) is 7.55. The maximum Gasteiger partial charge on any atom is 0.460 e. The number of hydrogen-bond donors (Lipinski definition) is 2. The number of ketones is 1. The third-order valence-electron chi connectivity index (χ3n) is 3.43. The summed E-state index contributed by atoms with van der Waals surface area (Å²) < 4.78 is 93.7. The normalized spacial score (nSPS) is 13.1. The molecule has 156 valence electrons. The lowest BCUT2D eigenvalue weighted by Crippen LogP contribution is -2.55. The first kappa shape index (κ1) is 23.2. The molecule has 0 fully saturated rings. The first-order valence-electron chi connectivity index (χ1n) is 7.55. The highest BCUT2D eigenvalue weighted by atomic mass is 19.4. The number of amides is 1. The molecule has 0 bridgehead atoms. The molecule has 2 N–H and O–H groups in total. The van der Waals surface area contributed by atoms with Gasteiger partial charge in [0.15, 0.2) is 0 Å². The minimum Gasteiger partial charge on any atom is -0.497 e. The summed E-state index contributed by atoms with van der Waals surface area (Å²) >= 11 is 0. The second kappa shape index (κ2) is 8.48. The molecule has 0 spiro atoms. The lowest BCUT2D eigenvalue weighted by molar-refractivity contribution is -0.342. The maximum absolute atomic E-state index is 13.3. The molecule has 5 nitrogen and oxygen atoms in total. The Morgan fingerprint density at radius 2 is 1.54 bits per heavy atom. The average molecular weight is 416 g/mol. The second-order valence-corrected chi connectivity index (χ2v) is 5.34. The highest BCUT2D eigenvalue weighted by molar-refractivity contribution is 5.97. The topological polar surface area (TPSA) is 67.4 Å². The molecule has 0 aliphatic heterocycles. The molecular weight excluding hydrogens is 401 g/mol. The fourth-order valence-electron chi connectivity index (χ4n) is 1.76. The third-order valence-corrected chi connectivity index (χ3v) is 3.43. The molecular formula is C16H15F7N2O3. The van der Waals surface area contributed by atoms with Crippen LogP contribution >= 0.6 is 0 Å². The van der Waals surface area contributed by atoms with Crippen molar-refractivity contribution < 1.29 is 45.1 Å². The van der Waals surface area contributed by atoms with Crippen LogP contribution in [-0.2, 0) is 4.79 Å². The van der Waals surface area contributed by atoms with Crippen LogP contribution < -0.4 is 15.6 Å². The summed E-state index contributed by atoms with van der Waals surface area (Å²) in [5.74, 6) is -15.7. The Morgan fingerprint density at radius 3 is 1.96 bits per heavy atom. The Bertz CT molecular complexity index is 744. The van der Waals surface area contributed by atoms with Crippen molar-refractivity contribution in [2.24, 2.45) is 0 Å². The quantitative estimate of drug-likeness (QED) is 0.386. The number of carbonyl (C=O) groups is 2. The van der Waals surface area contributed by atoms with E-state index in [2.05, 4.69) is 0 Å². The van der Waals surface area contributed by atoms with Gasteiger partial charge in [-0.1, -0.05) is 6.92 Å². The number of benzene rings is 1. The molecule has 0 atom stereocenters. The van der Waals surface area contributed by atoms with Crippen molar-refractivity contribution in [3.8, 4) is 5.75 Å². The van der Waals surface area contributed by atoms with E-state index in [-0.39, 0.29) is 18.1 Å². The standard InChI is InChI=1S/C16H15F7N2O3/c1-3-10(8-12(26)14(17,18)15(19,20)16(21,22)23)24-25-13(27)9-4-6-11(28-2)7-5-9/h4-8,24H,3H2,1-2H3,(H,25,27)/b10-8+. The zero-order valence-electron chi connectivity index (χ0n) is 14.5. The number of hydrogen-bond acceptors (Lipinski definition) is 4. The smallest absolute Gasteiger partial charge is 0.460 e. The number of carbonyl (C=O) groups excluding carboxylic acids is 2. The van der Waals surface area contributed by atoms with Crippen LogP contribution in [0.15, 0.2) is 36.0 Å². The largest absolute Gasteiger partial charge is 0.497 e. The third kappa shape index (κ3) is 4.93. The van der Waals surface area contributed by atoms with Gasteiger partial charge in [-0.25, -0.2) is 0 Å². The average Bonchev–Trinajstić information content (AvgIpc) is 2.63. The minimum atomic E-state index is -6.62. The summed E-state index contributed by atoms with van der Waals surface area (Å²) in [5.41, 5.74) is 3.63. The molecule has 0 unspecified atom stereocenters. The molecule has 0 aliphatic rings. The van der Waals surface area contributed by atoms with E-state index < -0.39 is 35.4 Å². The molecule has 0 saturated carbocycles. The van der Waals surface area contributed by atoms with Crippen molar-refractivity contribution in [1.82, 2.24) is 10.9 Å². The molecule has 0 aromatic heterocycles. The number of nitrogens with one attached hydrogen (secondary N) is 2. The Balaban J connectivity index is 2.90. The zero-order valence-corrected chi connectivity index (χ0v) is 14.5. The van der Waals surface area contributed by atoms with E-state index in [1.807, 2.05) is 10.9 Å². The highest BCUT2D eigenvalue weighted by Gasteiger charge is 2.75. The number of rotatable bonds is 8. The van der Waals surface area contributed by atoms with Gasteiger partial charge >= 0.3 is 18.0 Å². The lowest BCUT2D eigenvalue weighted by Gasteiger charge is -2.26. The molecule has 1 aromatic carbocycles. The molecule has 0 saturated heterocycles. The predicted molar refractivity (Wildman–Crippen MR) is 82.9 cm³/mol.